The summed E-state index contributed by atoms with van der Waals surface area (Å²) < 4.78 is 43.1. The van der Waals surface area contributed by atoms with Gasteiger partial charge in [-0.15, -0.1) is 0 Å². The van der Waals surface area contributed by atoms with Gasteiger partial charge in [0.25, 0.3) is 5.91 Å². The summed E-state index contributed by atoms with van der Waals surface area (Å²) in [6, 6.07) is 11.4. The second-order valence-corrected chi connectivity index (χ2v) is 7.86. The van der Waals surface area contributed by atoms with Crippen LogP contribution in [0, 0.1) is 0 Å². The molecule has 0 atom stereocenters. The van der Waals surface area contributed by atoms with Crippen molar-refractivity contribution in [3.63, 3.8) is 0 Å². The number of alkyl halides is 3. The molecule has 0 saturated heterocycles. The number of amides is 2. The third-order valence-electron chi connectivity index (χ3n) is 5.75. The summed E-state index contributed by atoms with van der Waals surface area (Å²) in [6.07, 6.45) is -1.74. The maximum atomic E-state index is 13.8. The average molecular weight is 465 g/mol. The molecule has 34 heavy (non-hydrogen) atoms. The van der Waals surface area contributed by atoms with E-state index in [2.05, 4.69) is 20.6 Å². The molecular formula is C24H18F3N5O2. The minimum atomic E-state index is -4.64. The predicted octanol–water partition coefficient (Wildman–Crippen LogP) is 4.35. The fourth-order valence-corrected chi connectivity index (χ4v) is 4.13. The minimum absolute atomic E-state index is 0.0681. The van der Waals surface area contributed by atoms with E-state index in [9.17, 15) is 22.8 Å². The van der Waals surface area contributed by atoms with Gasteiger partial charge in [-0.2, -0.15) is 13.2 Å². The maximum Gasteiger partial charge on any atom is 0.418 e. The Balaban J connectivity index is 1.79. The molecule has 1 aliphatic rings. The lowest BCUT2D eigenvalue weighted by molar-refractivity contribution is -0.137. The van der Waals surface area contributed by atoms with Gasteiger partial charge in [0, 0.05) is 48.4 Å². The number of anilines is 1. The lowest BCUT2D eigenvalue weighted by atomic mass is 10.0. The zero-order chi connectivity index (χ0) is 24.0. The highest BCUT2D eigenvalue weighted by Gasteiger charge is 2.35. The van der Waals surface area contributed by atoms with E-state index >= 15 is 0 Å². The van der Waals surface area contributed by atoms with Gasteiger partial charge in [0.2, 0.25) is 5.91 Å². The Kier molecular flexibility index (Phi) is 5.07. The van der Waals surface area contributed by atoms with E-state index in [0.717, 1.165) is 11.8 Å². The standard InChI is InChI=1S/C24H18F3N5O2/c1-28-23(34)14-2-6-20-19(11-14)31-22(16-8-9-29-12-17(16)24(25,26)27)32(20)15-4-5-18-13(10-15)3-7-21(33)30-18/h2,4-6,8-12H,3,7H2,1H3,(H,28,34)(H,30,33). The quantitative estimate of drug-likeness (QED) is 0.471. The summed E-state index contributed by atoms with van der Waals surface area (Å²) in [6.45, 7) is 0. The molecule has 0 unspecified atom stereocenters. The van der Waals surface area contributed by atoms with Crippen molar-refractivity contribution >= 4 is 28.5 Å². The summed E-state index contributed by atoms with van der Waals surface area (Å²) >= 11 is 0. The third kappa shape index (κ3) is 3.66. The van der Waals surface area contributed by atoms with Gasteiger partial charge < -0.3 is 10.6 Å². The largest absolute Gasteiger partial charge is 0.418 e. The van der Waals surface area contributed by atoms with Gasteiger partial charge in [0.05, 0.1) is 16.6 Å². The molecule has 1 aliphatic heterocycles. The number of hydrogen-bond donors (Lipinski definition) is 2. The molecule has 0 bridgehead atoms. The van der Waals surface area contributed by atoms with Crippen LogP contribution in [0.15, 0.2) is 54.9 Å². The molecule has 10 heteroatoms. The molecule has 2 aromatic carbocycles. The zero-order valence-electron chi connectivity index (χ0n) is 17.9. The van der Waals surface area contributed by atoms with Gasteiger partial charge in [-0.3, -0.25) is 19.1 Å². The Morgan fingerprint density at radius 3 is 2.71 bits per heavy atom. The zero-order valence-corrected chi connectivity index (χ0v) is 17.9. The minimum Gasteiger partial charge on any atom is -0.355 e. The number of benzene rings is 2. The van der Waals surface area contributed by atoms with Crippen molar-refractivity contribution in [2.75, 3.05) is 12.4 Å². The monoisotopic (exact) mass is 465 g/mol. The molecule has 0 saturated carbocycles. The Morgan fingerprint density at radius 2 is 1.94 bits per heavy atom. The Bertz CT molecular complexity index is 1460. The van der Waals surface area contributed by atoms with Crippen LogP contribution in [0.2, 0.25) is 0 Å². The molecule has 0 spiro atoms. The van der Waals surface area contributed by atoms with Crippen LogP contribution in [-0.2, 0) is 17.4 Å². The van der Waals surface area contributed by atoms with Crippen molar-refractivity contribution in [2.45, 2.75) is 19.0 Å². The molecule has 7 nitrogen and oxygen atoms in total. The average Bonchev–Trinajstić information content (AvgIpc) is 3.21. The van der Waals surface area contributed by atoms with Gasteiger partial charge >= 0.3 is 6.18 Å². The lowest BCUT2D eigenvalue weighted by Gasteiger charge is -2.19. The number of halogens is 3. The highest BCUT2D eigenvalue weighted by Crippen LogP contribution is 2.39. The molecule has 172 valence electrons. The number of fused-ring (bicyclic) bond motifs is 2. The summed E-state index contributed by atoms with van der Waals surface area (Å²) in [5, 5.41) is 5.34. The number of imidazole rings is 1. The number of hydrogen-bond acceptors (Lipinski definition) is 4. The van der Waals surface area contributed by atoms with Crippen LogP contribution >= 0.6 is 0 Å². The van der Waals surface area contributed by atoms with Crippen LogP contribution in [0.1, 0.15) is 27.9 Å². The Labute approximate surface area is 191 Å². The maximum absolute atomic E-state index is 13.8. The molecule has 0 aliphatic carbocycles. The van der Waals surface area contributed by atoms with E-state index in [4.69, 9.17) is 0 Å². The van der Waals surface area contributed by atoms with E-state index in [1.54, 1.807) is 34.9 Å². The summed E-state index contributed by atoms with van der Waals surface area (Å²) in [4.78, 5) is 32.0. The van der Waals surface area contributed by atoms with Crippen molar-refractivity contribution < 1.29 is 22.8 Å². The number of aromatic nitrogens is 3. The molecule has 0 radical (unpaired) electrons. The van der Waals surface area contributed by atoms with Crippen molar-refractivity contribution in [3.8, 4) is 17.1 Å². The summed E-state index contributed by atoms with van der Waals surface area (Å²) in [7, 11) is 1.50. The topological polar surface area (TPSA) is 88.9 Å². The number of nitrogens with zero attached hydrogens (tertiary/aromatic N) is 3. The number of pyridine rings is 1. The Morgan fingerprint density at radius 1 is 1.12 bits per heavy atom. The molecule has 3 heterocycles. The number of carbonyl (C=O) groups is 2. The van der Waals surface area contributed by atoms with Crippen LogP contribution in [0.4, 0.5) is 18.9 Å². The Hall–Kier alpha value is -4.21. The van der Waals surface area contributed by atoms with E-state index in [-0.39, 0.29) is 23.2 Å². The summed E-state index contributed by atoms with van der Waals surface area (Å²) in [5.74, 6) is -0.344. The van der Waals surface area contributed by atoms with E-state index < -0.39 is 11.7 Å². The predicted molar refractivity (Wildman–Crippen MR) is 120 cm³/mol. The number of aryl methyl sites for hydroxylation is 1. The van der Waals surface area contributed by atoms with Crippen molar-refractivity contribution in [1.82, 2.24) is 19.9 Å². The first-order valence-corrected chi connectivity index (χ1v) is 10.5. The fraction of sp³-hybridized carbons (Fsp3) is 0.167. The molecule has 5 rings (SSSR count). The second-order valence-electron chi connectivity index (χ2n) is 7.86. The number of carbonyl (C=O) groups excluding carboxylic acids is 2. The van der Waals surface area contributed by atoms with E-state index in [1.807, 2.05) is 6.07 Å². The molecule has 4 aromatic rings. The van der Waals surface area contributed by atoms with Crippen molar-refractivity contribution in [2.24, 2.45) is 0 Å². The molecule has 2 aromatic heterocycles. The fourth-order valence-electron chi connectivity index (χ4n) is 4.13. The third-order valence-corrected chi connectivity index (χ3v) is 5.75. The van der Waals surface area contributed by atoms with E-state index in [1.165, 1.54) is 19.3 Å². The lowest BCUT2D eigenvalue weighted by Crippen LogP contribution is -2.19. The van der Waals surface area contributed by atoms with Gasteiger partial charge in [-0.25, -0.2) is 4.98 Å². The highest BCUT2D eigenvalue weighted by atomic mass is 19.4. The molecule has 0 fully saturated rings. The van der Waals surface area contributed by atoms with Crippen LogP contribution in [0.5, 0.6) is 0 Å². The van der Waals surface area contributed by atoms with Gasteiger partial charge in [-0.1, -0.05) is 0 Å². The van der Waals surface area contributed by atoms with Crippen LogP contribution < -0.4 is 10.6 Å². The highest BCUT2D eigenvalue weighted by molar-refractivity contribution is 5.98. The second kappa shape index (κ2) is 7.98. The van der Waals surface area contributed by atoms with E-state index in [0.29, 0.717) is 40.8 Å². The van der Waals surface area contributed by atoms with Gasteiger partial charge in [0.15, 0.2) is 0 Å². The van der Waals surface area contributed by atoms with Crippen LogP contribution in [0.25, 0.3) is 28.1 Å². The van der Waals surface area contributed by atoms with Crippen molar-refractivity contribution in [1.29, 1.82) is 0 Å². The first-order chi connectivity index (χ1) is 16.3. The number of rotatable bonds is 3. The van der Waals surface area contributed by atoms with Gasteiger partial charge in [0.1, 0.15) is 5.82 Å². The normalized spacial score (nSPS) is 13.5. The molecule has 2 amide bonds. The van der Waals surface area contributed by atoms with Crippen LogP contribution in [-0.4, -0.2) is 33.4 Å². The first kappa shape index (κ1) is 21.6. The van der Waals surface area contributed by atoms with Crippen LogP contribution in [0.3, 0.4) is 0 Å². The molecular weight excluding hydrogens is 447 g/mol. The van der Waals surface area contributed by atoms with Crippen molar-refractivity contribution in [3.05, 3.63) is 71.5 Å². The smallest absolute Gasteiger partial charge is 0.355 e. The SMILES string of the molecule is CNC(=O)c1ccc2c(c1)nc(-c1ccncc1C(F)(F)F)n2-c1ccc2c(c1)CCC(=O)N2. The molecule has 2 N–H and O–H groups in total. The first-order valence-electron chi connectivity index (χ1n) is 10.5. The summed E-state index contributed by atoms with van der Waals surface area (Å²) in [5.41, 5.74) is 2.33. The van der Waals surface area contributed by atoms with Gasteiger partial charge in [-0.05, 0) is 54.4 Å². The number of nitrogens with one attached hydrogen (secondary N) is 2.